The maximum atomic E-state index is 2.51. The van der Waals surface area contributed by atoms with Crippen LogP contribution < -0.4 is 9.80 Å². The number of anilines is 6. The van der Waals surface area contributed by atoms with Gasteiger partial charge in [0.05, 0.1) is 0 Å². The highest BCUT2D eigenvalue weighted by Gasteiger charge is 2.39. The SMILES string of the molecule is CC1(C)c2ccccc2-c2ccc(N(c3ccc4c(c3)C(C)(C)c3ccccc3-4)c3ccc4c(c3)C(C)(C)c3cc(C=Cc5ccc(N(c6ccccc6)c6ccccc6)cc5)ccc3-4)cc21. The Morgan fingerprint density at radius 2 is 0.552 bits per heavy atom. The quantitative estimate of drug-likeness (QED) is 0.140. The van der Waals surface area contributed by atoms with Gasteiger partial charge in [0.15, 0.2) is 0 Å². The van der Waals surface area contributed by atoms with Crippen molar-refractivity contribution in [3.05, 3.63) is 251 Å². The van der Waals surface area contributed by atoms with Gasteiger partial charge < -0.3 is 9.80 Å². The summed E-state index contributed by atoms with van der Waals surface area (Å²) in [4.78, 5) is 4.81. The summed E-state index contributed by atoms with van der Waals surface area (Å²) in [6.45, 7) is 14.3. The van der Waals surface area contributed by atoms with Gasteiger partial charge in [-0.3, -0.25) is 0 Å². The van der Waals surface area contributed by atoms with Crippen molar-refractivity contribution in [1.29, 1.82) is 0 Å². The van der Waals surface area contributed by atoms with Crippen LogP contribution in [0.4, 0.5) is 34.1 Å². The predicted octanol–water partition coefficient (Wildman–Crippen LogP) is 17.7. The summed E-state index contributed by atoms with van der Waals surface area (Å²) in [6, 6.07) is 76.4. The Hall–Kier alpha value is -7.68. The molecule has 324 valence electrons. The maximum Gasteiger partial charge on any atom is 0.0465 e. The highest BCUT2D eigenvalue weighted by atomic mass is 15.1. The third kappa shape index (κ3) is 6.45. The van der Waals surface area contributed by atoms with Gasteiger partial charge in [-0.05, 0) is 151 Å². The molecule has 2 heteroatoms. The molecule has 67 heavy (non-hydrogen) atoms. The van der Waals surface area contributed by atoms with Crippen LogP contribution in [0.2, 0.25) is 0 Å². The van der Waals surface area contributed by atoms with Gasteiger partial charge in [-0.2, -0.15) is 0 Å². The Balaban J connectivity index is 0.896. The molecule has 0 N–H and O–H groups in total. The molecule has 0 aliphatic heterocycles. The molecule has 2 nitrogen and oxygen atoms in total. The van der Waals surface area contributed by atoms with E-state index in [0.717, 1.165) is 22.6 Å². The fourth-order valence-electron chi connectivity index (χ4n) is 11.6. The summed E-state index contributed by atoms with van der Waals surface area (Å²) < 4.78 is 0. The summed E-state index contributed by atoms with van der Waals surface area (Å²) in [6.07, 6.45) is 4.49. The van der Waals surface area contributed by atoms with E-state index in [4.69, 9.17) is 0 Å². The van der Waals surface area contributed by atoms with E-state index in [1.165, 1.54) is 89.4 Å². The topological polar surface area (TPSA) is 6.48 Å². The lowest BCUT2D eigenvalue weighted by molar-refractivity contribution is 0.659. The molecule has 0 unspecified atom stereocenters. The lowest BCUT2D eigenvalue weighted by Crippen LogP contribution is -2.19. The van der Waals surface area contributed by atoms with Gasteiger partial charge in [0.2, 0.25) is 0 Å². The van der Waals surface area contributed by atoms with E-state index in [-0.39, 0.29) is 16.2 Å². The lowest BCUT2D eigenvalue weighted by Gasteiger charge is -2.31. The van der Waals surface area contributed by atoms with Crippen LogP contribution in [0.1, 0.15) is 86.1 Å². The van der Waals surface area contributed by atoms with Gasteiger partial charge in [0.25, 0.3) is 0 Å². The summed E-state index contributed by atoms with van der Waals surface area (Å²) >= 11 is 0. The number of rotatable bonds is 8. The molecular weight excluding hydrogens is 809 g/mol. The molecule has 9 aromatic carbocycles. The smallest absolute Gasteiger partial charge is 0.0465 e. The first-order valence-corrected chi connectivity index (χ1v) is 23.8. The molecule has 0 atom stereocenters. The molecule has 0 saturated carbocycles. The molecule has 0 bridgehead atoms. The average molecular weight is 863 g/mol. The lowest BCUT2D eigenvalue weighted by atomic mass is 9.81. The normalized spacial score (nSPS) is 15.0. The third-order valence-electron chi connectivity index (χ3n) is 15.2. The van der Waals surface area contributed by atoms with Crippen molar-refractivity contribution >= 4 is 46.3 Å². The minimum Gasteiger partial charge on any atom is -0.311 e. The van der Waals surface area contributed by atoms with E-state index in [1.54, 1.807) is 0 Å². The number of fused-ring (bicyclic) bond motifs is 9. The van der Waals surface area contributed by atoms with Crippen molar-refractivity contribution in [1.82, 2.24) is 0 Å². The fourth-order valence-corrected chi connectivity index (χ4v) is 11.6. The van der Waals surface area contributed by atoms with Crippen molar-refractivity contribution in [2.75, 3.05) is 9.80 Å². The van der Waals surface area contributed by atoms with Gasteiger partial charge in [0.1, 0.15) is 0 Å². The molecule has 0 fully saturated rings. The first-order chi connectivity index (χ1) is 32.5. The number of benzene rings is 9. The molecular formula is C65H54N2. The Kier molecular flexibility index (Phi) is 9.25. The standard InChI is InChI=1S/C65H54N2/c1-63(2)57-23-15-13-21-51(57)54-36-32-48(40-60(54)63)67(49-33-37-55-52-22-14-16-24-58(52)64(3,4)61(55)41-49)50-34-38-56-53-35-29-44(39-59(53)65(5,6)62(56)42-50)26-25-43-27-30-47(31-28-43)66(45-17-9-7-10-18-45)46-19-11-8-12-20-46/h7-42H,1-6H3. The summed E-state index contributed by atoms with van der Waals surface area (Å²) in [7, 11) is 0. The van der Waals surface area contributed by atoms with Crippen LogP contribution in [0.25, 0.3) is 45.5 Å². The molecule has 0 spiro atoms. The van der Waals surface area contributed by atoms with Gasteiger partial charge in [0, 0.05) is 50.4 Å². The molecule has 12 rings (SSSR count). The van der Waals surface area contributed by atoms with Crippen LogP contribution in [-0.2, 0) is 16.2 Å². The summed E-state index contributed by atoms with van der Waals surface area (Å²) in [5.74, 6) is 0. The second kappa shape index (κ2) is 15.2. The average Bonchev–Trinajstić information content (AvgIpc) is 3.83. The predicted molar refractivity (Wildman–Crippen MR) is 284 cm³/mol. The van der Waals surface area contributed by atoms with E-state index < -0.39 is 0 Å². The Morgan fingerprint density at radius 3 is 1.01 bits per heavy atom. The zero-order chi connectivity index (χ0) is 45.7. The van der Waals surface area contributed by atoms with Crippen LogP contribution in [0.3, 0.4) is 0 Å². The van der Waals surface area contributed by atoms with Crippen molar-refractivity contribution in [2.24, 2.45) is 0 Å². The van der Waals surface area contributed by atoms with Gasteiger partial charge >= 0.3 is 0 Å². The van der Waals surface area contributed by atoms with E-state index in [0.29, 0.717) is 0 Å². The van der Waals surface area contributed by atoms with Crippen LogP contribution in [0.5, 0.6) is 0 Å². The Labute approximate surface area is 396 Å². The largest absolute Gasteiger partial charge is 0.311 e. The van der Waals surface area contributed by atoms with Crippen LogP contribution in [0.15, 0.2) is 206 Å². The second-order valence-corrected chi connectivity index (χ2v) is 20.2. The molecule has 3 aliphatic rings. The van der Waals surface area contributed by atoms with Crippen LogP contribution in [-0.4, -0.2) is 0 Å². The summed E-state index contributed by atoms with van der Waals surface area (Å²) in [5, 5.41) is 0. The molecule has 0 aromatic heterocycles. The zero-order valence-corrected chi connectivity index (χ0v) is 39.2. The number of nitrogens with zero attached hydrogens (tertiary/aromatic N) is 2. The van der Waals surface area contributed by atoms with Crippen molar-refractivity contribution in [3.63, 3.8) is 0 Å². The van der Waals surface area contributed by atoms with Gasteiger partial charge in [-0.25, -0.2) is 0 Å². The monoisotopic (exact) mass is 862 g/mol. The molecule has 0 amide bonds. The molecule has 9 aromatic rings. The van der Waals surface area contributed by atoms with E-state index in [1.807, 2.05) is 0 Å². The minimum atomic E-state index is -0.209. The highest BCUT2D eigenvalue weighted by Crippen LogP contribution is 2.55. The van der Waals surface area contributed by atoms with Crippen molar-refractivity contribution in [2.45, 2.75) is 57.8 Å². The third-order valence-corrected chi connectivity index (χ3v) is 15.2. The first kappa shape index (κ1) is 40.8. The number of para-hydroxylation sites is 2. The summed E-state index contributed by atoms with van der Waals surface area (Å²) in [5.41, 5.74) is 25.1. The Bertz CT molecular complexity index is 3280. The van der Waals surface area contributed by atoms with Gasteiger partial charge in [-0.1, -0.05) is 187 Å². The molecule has 0 saturated heterocycles. The minimum absolute atomic E-state index is 0.113. The van der Waals surface area contributed by atoms with Crippen molar-refractivity contribution < 1.29 is 0 Å². The zero-order valence-electron chi connectivity index (χ0n) is 39.2. The van der Waals surface area contributed by atoms with E-state index in [2.05, 4.69) is 270 Å². The van der Waals surface area contributed by atoms with Crippen molar-refractivity contribution in [3.8, 4) is 33.4 Å². The fraction of sp³-hybridized carbons (Fsp3) is 0.138. The molecule has 0 heterocycles. The maximum absolute atomic E-state index is 2.51. The van der Waals surface area contributed by atoms with Crippen LogP contribution in [0, 0.1) is 0 Å². The number of hydrogen-bond acceptors (Lipinski definition) is 2. The second-order valence-electron chi connectivity index (χ2n) is 20.2. The van der Waals surface area contributed by atoms with E-state index >= 15 is 0 Å². The number of hydrogen-bond donors (Lipinski definition) is 0. The van der Waals surface area contributed by atoms with Crippen LogP contribution >= 0.6 is 0 Å². The molecule has 3 aliphatic carbocycles. The highest BCUT2D eigenvalue weighted by molar-refractivity contribution is 5.91. The van der Waals surface area contributed by atoms with E-state index in [9.17, 15) is 0 Å². The van der Waals surface area contributed by atoms with Gasteiger partial charge in [-0.15, -0.1) is 0 Å². The first-order valence-electron chi connectivity index (χ1n) is 23.8. The Morgan fingerprint density at radius 1 is 0.254 bits per heavy atom. The molecule has 0 radical (unpaired) electrons.